The average Bonchev–Trinajstić information content (AvgIpc) is 3.67. The molecule has 0 radical (unpaired) electrons. The maximum Gasteiger partial charge on any atom is 1.00 e. The second-order valence-electron chi connectivity index (χ2n) is 12.5. The van der Waals surface area contributed by atoms with E-state index in [2.05, 4.69) is 17.1 Å². The molecule has 2 N–H and O–H groups in total. The fourth-order valence-electron chi connectivity index (χ4n) is 6.33. The summed E-state index contributed by atoms with van der Waals surface area (Å²) in [7, 11) is 0. The van der Waals surface area contributed by atoms with Crippen molar-refractivity contribution < 1.29 is 71.6 Å². The summed E-state index contributed by atoms with van der Waals surface area (Å²) in [6.07, 6.45) is 4.62. The van der Waals surface area contributed by atoms with Gasteiger partial charge in [-0.1, -0.05) is 67.0 Å². The molecular formula is C34H40FKN6O5. The molecule has 1 atom stereocenters. The van der Waals surface area contributed by atoms with Gasteiger partial charge >= 0.3 is 57.1 Å². The molecule has 2 aromatic carbocycles. The van der Waals surface area contributed by atoms with Crippen molar-refractivity contribution in [2.75, 3.05) is 13.3 Å². The van der Waals surface area contributed by atoms with Crippen LogP contribution in [0.3, 0.4) is 0 Å². The Bertz CT molecular complexity index is 1950. The number of aryl methyl sites for hydroxylation is 2. The first-order valence-electron chi connectivity index (χ1n) is 15.8. The third kappa shape index (κ3) is 7.77. The minimum Gasteiger partial charge on any atom is -1.00 e. The van der Waals surface area contributed by atoms with Crippen LogP contribution in [0.1, 0.15) is 76.1 Å². The van der Waals surface area contributed by atoms with E-state index in [0.717, 1.165) is 34.4 Å². The van der Waals surface area contributed by atoms with E-state index in [4.69, 9.17) is 19.3 Å². The Morgan fingerprint density at radius 1 is 1.11 bits per heavy atom. The molecule has 3 heterocycles. The molecule has 1 unspecified atom stereocenters. The first kappa shape index (κ1) is 35.5. The predicted octanol–water partition coefficient (Wildman–Crippen LogP) is 2.09. The minimum absolute atomic E-state index is 0. The molecule has 11 nitrogen and oxygen atoms in total. The van der Waals surface area contributed by atoms with Crippen molar-refractivity contribution in [2.45, 2.75) is 83.5 Å². The molecule has 1 saturated carbocycles. The van der Waals surface area contributed by atoms with Gasteiger partial charge in [0.2, 0.25) is 5.78 Å². The maximum absolute atomic E-state index is 14.4. The Kier molecular flexibility index (Phi) is 11.5. The second-order valence-corrected chi connectivity index (χ2v) is 12.5. The third-order valence-corrected chi connectivity index (χ3v) is 8.67. The van der Waals surface area contributed by atoms with Gasteiger partial charge in [0.1, 0.15) is 18.1 Å². The molecule has 0 saturated heterocycles. The molecule has 0 bridgehead atoms. The molecule has 5 aromatic rings. The number of H-pyrrole nitrogens is 1. The van der Waals surface area contributed by atoms with Crippen LogP contribution in [0.25, 0.3) is 28.3 Å². The minimum atomic E-state index is -1.50. The number of aromatic amines is 1. The molecule has 6 rings (SSSR count). The summed E-state index contributed by atoms with van der Waals surface area (Å²) in [4.78, 5) is 33.3. The van der Waals surface area contributed by atoms with E-state index in [1.807, 2.05) is 64.5 Å². The van der Waals surface area contributed by atoms with Crippen LogP contribution in [-0.2, 0) is 17.6 Å². The zero-order chi connectivity index (χ0) is 32.4. The molecule has 0 aliphatic heterocycles. The molecule has 1 aliphatic rings. The van der Waals surface area contributed by atoms with Gasteiger partial charge in [-0.15, -0.1) is 0 Å². The molecule has 1 fully saturated rings. The van der Waals surface area contributed by atoms with Crippen molar-refractivity contribution in [3.05, 3.63) is 92.1 Å². The van der Waals surface area contributed by atoms with E-state index in [9.17, 15) is 19.1 Å². The summed E-state index contributed by atoms with van der Waals surface area (Å²) in [6, 6.07) is 15.6. The molecule has 1 aliphatic carbocycles. The largest absolute Gasteiger partial charge is 1.00 e. The Labute approximate surface area is 315 Å². The Balaban J connectivity index is 0.00000260. The van der Waals surface area contributed by atoms with Gasteiger partial charge in [-0.3, -0.25) is 18.9 Å². The number of ether oxygens (including phenoxy) is 1. The number of halogens is 1. The fourth-order valence-corrected chi connectivity index (χ4v) is 6.33. The van der Waals surface area contributed by atoms with Gasteiger partial charge < -0.3 is 11.3 Å². The van der Waals surface area contributed by atoms with E-state index < -0.39 is 18.0 Å². The fraction of sp³-hybridized carbons (Fsp3) is 0.441. The molecule has 244 valence electrons. The van der Waals surface area contributed by atoms with Gasteiger partial charge in [0.05, 0.1) is 18.4 Å². The van der Waals surface area contributed by atoms with Crippen LogP contribution in [0.4, 0.5) is 4.39 Å². The molecular weight excluding hydrogens is 631 g/mol. The monoisotopic (exact) mass is 670 g/mol. The summed E-state index contributed by atoms with van der Waals surface area (Å²) >= 11 is 0. The number of benzene rings is 2. The number of alkyl halides is 1. The maximum atomic E-state index is 14.4. The van der Waals surface area contributed by atoms with Crippen molar-refractivity contribution in [1.82, 2.24) is 29.3 Å². The van der Waals surface area contributed by atoms with Crippen molar-refractivity contribution in [3.63, 3.8) is 0 Å². The van der Waals surface area contributed by atoms with Crippen molar-refractivity contribution in [3.8, 4) is 22.5 Å². The van der Waals surface area contributed by atoms with Crippen LogP contribution in [0, 0.1) is 6.92 Å². The molecule has 47 heavy (non-hydrogen) atoms. The van der Waals surface area contributed by atoms with Gasteiger partial charge in [-0.25, -0.2) is 13.7 Å². The van der Waals surface area contributed by atoms with Gasteiger partial charge in [-0.2, -0.15) is 10.1 Å². The number of aliphatic hydroxyl groups is 1. The van der Waals surface area contributed by atoms with Crippen LogP contribution >= 0.6 is 0 Å². The number of aromatic nitrogens is 6. The van der Waals surface area contributed by atoms with Gasteiger partial charge in [0.15, 0.2) is 5.82 Å². The van der Waals surface area contributed by atoms with Gasteiger partial charge in [0, 0.05) is 23.6 Å². The van der Waals surface area contributed by atoms with E-state index in [0.29, 0.717) is 61.5 Å². The van der Waals surface area contributed by atoms with Crippen LogP contribution < -0.4 is 62.7 Å². The first-order chi connectivity index (χ1) is 22.2. The smallest absolute Gasteiger partial charge is 1.00 e. The van der Waals surface area contributed by atoms with E-state index >= 15 is 0 Å². The molecule has 0 spiro atoms. The van der Waals surface area contributed by atoms with Gasteiger partial charge in [-0.05, 0) is 62.6 Å². The Morgan fingerprint density at radius 2 is 1.81 bits per heavy atom. The summed E-state index contributed by atoms with van der Waals surface area (Å²) < 4.78 is 27.3. The number of nitrogens with one attached hydrogen (secondary N) is 1. The molecule has 0 amide bonds. The van der Waals surface area contributed by atoms with Crippen molar-refractivity contribution >= 4 is 5.78 Å². The molecule has 3 aromatic heterocycles. The Hall–Kier alpha value is -2.78. The zero-order valence-corrected chi connectivity index (χ0v) is 30.5. The number of hydrogen-bond donors (Lipinski definition) is 2. The Morgan fingerprint density at radius 3 is 2.45 bits per heavy atom. The van der Waals surface area contributed by atoms with E-state index in [1.54, 1.807) is 0 Å². The van der Waals surface area contributed by atoms with Crippen molar-refractivity contribution in [1.29, 1.82) is 0 Å². The zero-order valence-electron chi connectivity index (χ0n) is 28.3. The third-order valence-electron chi connectivity index (χ3n) is 8.67. The summed E-state index contributed by atoms with van der Waals surface area (Å²) in [6.45, 7) is 4.42. The van der Waals surface area contributed by atoms with Crippen LogP contribution in [0.2, 0.25) is 0 Å². The topological polar surface area (TPSA) is 141 Å². The SMILES string of the molecule is CCCc1c(Cc2ccc(-c3ccccc3-c3noc(=O)[nH]3)cc2)c(=O)n(C2CCC(OCC(C)(O)CF)CC2)c2nc(C)nn12.[H-].[K+]. The normalized spacial score (nSPS) is 17.8. The average molecular weight is 671 g/mol. The number of hydrogen-bond acceptors (Lipinski definition) is 8. The van der Waals surface area contributed by atoms with Crippen LogP contribution in [0.5, 0.6) is 0 Å². The summed E-state index contributed by atoms with van der Waals surface area (Å²) in [5, 5.41) is 18.6. The second kappa shape index (κ2) is 15.2. The van der Waals surface area contributed by atoms with Gasteiger partial charge in [0.25, 0.3) is 5.56 Å². The van der Waals surface area contributed by atoms with Crippen LogP contribution in [-0.4, -0.2) is 59.4 Å². The number of fused-ring (bicyclic) bond motifs is 1. The molecule has 13 heteroatoms. The first-order valence-corrected chi connectivity index (χ1v) is 15.8. The summed E-state index contributed by atoms with van der Waals surface area (Å²) in [5.74, 6) is 0.900. The number of nitrogens with zero attached hydrogens (tertiary/aromatic N) is 5. The predicted molar refractivity (Wildman–Crippen MR) is 172 cm³/mol. The standard InChI is InChI=1S/C34H39FN6O5.K.H/c1-4-7-29-28(18-22-10-12-23(13-11-22)26-8-5-6-9-27(26)30-37-33(43)46-39-30)31(42)40(32-36-21(2)38-41(29)32)24-14-16-25(17-15-24)45-20-34(3,44)19-35;;/h5-6,8-13,24-25,44H,4,7,14-20H2,1-3H3,(H,37,39,43);;/q;+1;-1. The van der Waals surface area contributed by atoms with Crippen molar-refractivity contribution in [2.24, 2.45) is 0 Å². The van der Waals surface area contributed by atoms with E-state index in [-0.39, 0.29) is 77.1 Å². The summed E-state index contributed by atoms with van der Waals surface area (Å²) in [5.41, 5.74) is 3.56. The quantitative estimate of drug-likeness (QED) is 0.204. The number of rotatable bonds is 11. The van der Waals surface area contributed by atoms with Crippen LogP contribution in [0.15, 0.2) is 62.6 Å². The van der Waals surface area contributed by atoms with E-state index in [1.165, 1.54) is 6.92 Å².